The van der Waals surface area contributed by atoms with E-state index in [1.807, 2.05) is 0 Å². The van der Waals surface area contributed by atoms with E-state index >= 15 is 0 Å². The molecule has 19 heavy (non-hydrogen) atoms. The maximum absolute atomic E-state index is 2.33. The SMILES string of the molecule is CC(C)C.CC=CC(C)C(C)Cc1cccc(C)c1. The average Bonchev–Trinajstić information content (AvgIpc) is 2.28. The van der Waals surface area contributed by atoms with Gasteiger partial charge < -0.3 is 0 Å². The van der Waals surface area contributed by atoms with Gasteiger partial charge in [0.15, 0.2) is 0 Å². The largest absolute Gasteiger partial charge is 0.0914 e. The van der Waals surface area contributed by atoms with E-state index in [0.717, 1.165) is 5.92 Å². The molecule has 0 aromatic heterocycles. The van der Waals surface area contributed by atoms with Gasteiger partial charge in [0, 0.05) is 0 Å². The molecular formula is C19H32. The number of hydrogen-bond acceptors (Lipinski definition) is 0. The summed E-state index contributed by atoms with van der Waals surface area (Å²) in [5.74, 6) is 2.21. The van der Waals surface area contributed by atoms with Crippen LogP contribution in [0.4, 0.5) is 0 Å². The molecule has 1 aromatic carbocycles. The lowest BCUT2D eigenvalue weighted by molar-refractivity contribution is 0.457. The zero-order valence-corrected chi connectivity index (χ0v) is 13.9. The molecule has 0 amide bonds. The minimum Gasteiger partial charge on any atom is -0.0914 e. The summed E-state index contributed by atoms with van der Waals surface area (Å²) in [6.07, 6.45) is 5.62. The molecule has 0 heterocycles. The topological polar surface area (TPSA) is 0 Å². The van der Waals surface area contributed by atoms with Crippen LogP contribution in [0.25, 0.3) is 0 Å². The van der Waals surface area contributed by atoms with Gasteiger partial charge in [0.2, 0.25) is 0 Å². The highest BCUT2D eigenvalue weighted by Crippen LogP contribution is 2.18. The molecule has 0 saturated heterocycles. The van der Waals surface area contributed by atoms with Crippen LogP contribution in [0.2, 0.25) is 0 Å². The van der Waals surface area contributed by atoms with Crippen molar-refractivity contribution in [2.24, 2.45) is 17.8 Å². The number of rotatable bonds is 4. The lowest BCUT2D eigenvalue weighted by atomic mass is 9.89. The molecular weight excluding hydrogens is 228 g/mol. The monoisotopic (exact) mass is 260 g/mol. The lowest BCUT2D eigenvalue weighted by Gasteiger charge is -2.16. The Hall–Kier alpha value is -1.04. The van der Waals surface area contributed by atoms with Crippen molar-refractivity contribution >= 4 is 0 Å². The maximum Gasteiger partial charge on any atom is -0.0233 e. The van der Waals surface area contributed by atoms with Crippen LogP contribution in [-0.2, 0) is 6.42 Å². The van der Waals surface area contributed by atoms with Gasteiger partial charge in [-0.2, -0.15) is 0 Å². The third kappa shape index (κ3) is 9.53. The van der Waals surface area contributed by atoms with Gasteiger partial charge in [-0.1, -0.05) is 76.6 Å². The van der Waals surface area contributed by atoms with E-state index in [1.54, 1.807) is 0 Å². The first-order valence-electron chi connectivity index (χ1n) is 7.55. The smallest absolute Gasteiger partial charge is 0.0233 e. The van der Waals surface area contributed by atoms with Gasteiger partial charge in [-0.3, -0.25) is 0 Å². The van der Waals surface area contributed by atoms with Gasteiger partial charge in [0.25, 0.3) is 0 Å². The fourth-order valence-corrected chi connectivity index (χ4v) is 1.89. The molecule has 0 fully saturated rings. The first kappa shape index (κ1) is 18.0. The minimum atomic E-state index is 0.663. The first-order valence-corrected chi connectivity index (χ1v) is 7.55. The second-order valence-electron chi connectivity index (χ2n) is 6.29. The fourth-order valence-electron chi connectivity index (χ4n) is 1.89. The number of allylic oxidation sites excluding steroid dienone is 2. The number of hydrogen-bond donors (Lipinski definition) is 0. The average molecular weight is 260 g/mol. The van der Waals surface area contributed by atoms with Crippen LogP contribution in [0.1, 0.15) is 52.7 Å². The van der Waals surface area contributed by atoms with Crippen molar-refractivity contribution in [3.63, 3.8) is 0 Å². The highest BCUT2D eigenvalue weighted by molar-refractivity contribution is 5.22. The molecule has 2 atom stereocenters. The Morgan fingerprint density at radius 1 is 1.05 bits per heavy atom. The molecule has 0 heteroatoms. The predicted molar refractivity (Wildman–Crippen MR) is 88.5 cm³/mol. The predicted octanol–water partition coefficient (Wildman–Crippen LogP) is 6.05. The molecule has 0 aliphatic heterocycles. The van der Waals surface area contributed by atoms with Gasteiger partial charge in [0.1, 0.15) is 0 Å². The van der Waals surface area contributed by atoms with E-state index in [1.165, 1.54) is 17.5 Å². The van der Waals surface area contributed by atoms with Gasteiger partial charge in [-0.15, -0.1) is 0 Å². The van der Waals surface area contributed by atoms with Gasteiger partial charge in [-0.05, 0) is 43.6 Å². The lowest BCUT2D eigenvalue weighted by Crippen LogP contribution is -2.08. The van der Waals surface area contributed by atoms with Gasteiger partial charge in [-0.25, -0.2) is 0 Å². The quantitative estimate of drug-likeness (QED) is 0.578. The second-order valence-corrected chi connectivity index (χ2v) is 6.29. The summed E-state index contributed by atoms with van der Waals surface area (Å²) in [5.41, 5.74) is 2.82. The van der Waals surface area contributed by atoms with Crippen LogP contribution in [0, 0.1) is 24.7 Å². The van der Waals surface area contributed by atoms with Crippen molar-refractivity contribution in [1.29, 1.82) is 0 Å². The van der Waals surface area contributed by atoms with E-state index < -0.39 is 0 Å². The summed E-state index contributed by atoms with van der Waals surface area (Å²) in [5, 5.41) is 0. The van der Waals surface area contributed by atoms with Crippen molar-refractivity contribution in [3.05, 3.63) is 47.5 Å². The number of benzene rings is 1. The Morgan fingerprint density at radius 3 is 2.11 bits per heavy atom. The van der Waals surface area contributed by atoms with Crippen LogP contribution in [0.5, 0.6) is 0 Å². The third-order valence-corrected chi connectivity index (χ3v) is 3.03. The highest BCUT2D eigenvalue weighted by Gasteiger charge is 2.09. The van der Waals surface area contributed by atoms with Crippen LogP contribution < -0.4 is 0 Å². The second kappa shape index (κ2) is 9.83. The summed E-state index contributed by atoms with van der Waals surface area (Å²) < 4.78 is 0. The van der Waals surface area contributed by atoms with E-state index in [-0.39, 0.29) is 0 Å². The molecule has 0 N–H and O–H groups in total. The van der Waals surface area contributed by atoms with E-state index in [9.17, 15) is 0 Å². The molecule has 0 spiro atoms. The Bertz CT molecular complexity index is 357. The van der Waals surface area contributed by atoms with Crippen LogP contribution in [0.3, 0.4) is 0 Å². The van der Waals surface area contributed by atoms with Gasteiger partial charge >= 0.3 is 0 Å². The van der Waals surface area contributed by atoms with Crippen LogP contribution in [0.15, 0.2) is 36.4 Å². The molecule has 0 aliphatic rings. The molecule has 1 aromatic rings. The van der Waals surface area contributed by atoms with Crippen LogP contribution in [-0.4, -0.2) is 0 Å². The zero-order valence-electron chi connectivity index (χ0n) is 13.9. The minimum absolute atomic E-state index is 0.663. The Morgan fingerprint density at radius 2 is 1.63 bits per heavy atom. The Labute approximate surface area is 120 Å². The summed E-state index contributed by atoms with van der Waals surface area (Å²) in [6.45, 7) is 15.4. The van der Waals surface area contributed by atoms with Crippen LogP contribution >= 0.6 is 0 Å². The standard InChI is InChI=1S/C15H22.C4H10/c1-5-7-13(3)14(4)11-15-9-6-8-12(2)10-15;1-4(2)3/h5-10,13-14H,11H2,1-4H3;4H,1-3H3. The Balaban J connectivity index is 0.000000711. The molecule has 0 aliphatic carbocycles. The summed E-state index contributed by atoms with van der Waals surface area (Å²) in [7, 11) is 0. The number of aryl methyl sites for hydroxylation is 1. The normalized spacial score (nSPS) is 14.1. The fraction of sp³-hybridized carbons (Fsp3) is 0.579. The molecule has 0 saturated carbocycles. The summed E-state index contributed by atoms with van der Waals surface area (Å²) >= 11 is 0. The molecule has 0 bridgehead atoms. The first-order chi connectivity index (χ1) is 8.86. The van der Waals surface area contributed by atoms with Crippen molar-refractivity contribution in [1.82, 2.24) is 0 Å². The molecule has 0 nitrogen and oxygen atoms in total. The summed E-state index contributed by atoms with van der Waals surface area (Å²) in [6, 6.07) is 8.83. The van der Waals surface area contributed by atoms with E-state index in [2.05, 4.69) is 84.9 Å². The molecule has 0 radical (unpaired) electrons. The molecule has 108 valence electrons. The van der Waals surface area contributed by atoms with Gasteiger partial charge in [0.05, 0.1) is 0 Å². The van der Waals surface area contributed by atoms with E-state index in [0.29, 0.717) is 11.8 Å². The van der Waals surface area contributed by atoms with E-state index in [4.69, 9.17) is 0 Å². The zero-order chi connectivity index (χ0) is 14.8. The van der Waals surface area contributed by atoms with Crippen molar-refractivity contribution < 1.29 is 0 Å². The molecule has 1 rings (SSSR count). The maximum atomic E-state index is 2.33. The summed E-state index contributed by atoms with van der Waals surface area (Å²) in [4.78, 5) is 0. The van der Waals surface area contributed by atoms with Crippen molar-refractivity contribution in [2.45, 2.75) is 54.9 Å². The van der Waals surface area contributed by atoms with Crippen molar-refractivity contribution in [3.8, 4) is 0 Å². The third-order valence-electron chi connectivity index (χ3n) is 3.03. The van der Waals surface area contributed by atoms with Crippen molar-refractivity contribution in [2.75, 3.05) is 0 Å². The molecule has 2 unspecified atom stereocenters. The highest BCUT2D eigenvalue weighted by atomic mass is 14.1. The Kier molecular flexibility index (Phi) is 9.30.